The number of benzene rings is 6. The van der Waals surface area contributed by atoms with Crippen molar-refractivity contribution in [3.05, 3.63) is 201 Å². The van der Waals surface area contributed by atoms with Gasteiger partial charge in [-0.1, -0.05) is 83.1 Å². The first-order valence-corrected chi connectivity index (χ1v) is 18.3. The largest absolute Gasteiger partial charge is 2.00 e. The Morgan fingerprint density at radius 1 is 0.407 bits per heavy atom. The van der Waals surface area contributed by atoms with Crippen molar-refractivity contribution in [1.29, 1.82) is 0 Å². The second-order valence-corrected chi connectivity index (χ2v) is 13.1. The summed E-state index contributed by atoms with van der Waals surface area (Å²) in [7, 11) is 0. The maximum atomic E-state index is 4.58. The Hall–Kier alpha value is -6.72. The van der Waals surface area contributed by atoms with E-state index < -0.39 is 0 Å². The minimum Gasteiger partial charge on any atom is -0.352 e. The van der Waals surface area contributed by atoms with Crippen LogP contribution in [0.5, 0.6) is 0 Å². The first-order valence-electron chi connectivity index (χ1n) is 18.3. The molecule has 10 aromatic rings. The topological polar surface area (TPSA) is 88.8 Å². The summed E-state index contributed by atoms with van der Waals surface area (Å²) in [6.07, 6.45) is 4.91. The van der Waals surface area contributed by atoms with Gasteiger partial charge in [0.15, 0.2) is 6.33 Å². The summed E-state index contributed by atoms with van der Waals surface area (Å²) in [5, 5.41) is 19.0. The monoisotopic (exact) mass is 943 g/mol. The third kappa shape index (κ3) is 7.69. The van der Waals surface area contributed by atoms with Gasteiger partial charge in [0.05, 0.1) is 0 Å². The van der Waals surface area contributed by atoms with E-state index >= 15 is 0 Å². The van der Waals surface area contributed by atoms with Crippen molar-refractivity contribution in [3.8, 4) is 28.5 Å². The molecule has 0 spiro atoms. The first kappa shape index (κ1) is 39.1. The second kappa shape index (κ2) is 17.4. The van der Waals surface area contributed by atoms with Crippen LogP contribution in [0.25, 0.3) is 50.3 Å². The maximum Gasteiger partial charge on any atom is 2.00 e. The zero-order chi connectivity index (χ0) is 38.0. The molecule has 0 unspecified atom stereocenters. The van der Waals surface area contributed by atoms with Crippen molar-refractivity contribution < 1.29 is 40.8 Å². The number of hydrogen-bond donors (Lipinski definition) is 0. The molecule has 0 N–H and O–H groups in total. The molecule has 0 atom stereocenters. The standard InChI is InChI=1S/C48H29N9.2Pd/c1-3-15-36(16-4-1)55(38-19-11-13-34(29-38)44-21-7-9-27-49-44)40-23-25-42-43-26-24-41(32-47(43)57(46(42)31-40)48-53-51-33-52-54-48)56(37-17-5-2-6-18-37)39-20-12-14-35(30-39)45-22-8-10-28-50-45;;/h1-28,33H;;/q-4;2*+2. The number of anilines is 6. The maximum absolute atomic E-state index is 4.58. The van der Waals surface area contributed by atoms with E-state index in [-0.39, 0.29) is 40.8 Å². The van der Waals surface area contributed by atoms with E-state index in [1.165, 1.54) is 6.33 Å². The fourth-order valence-corrected chi connectivity index (χ4v) is 7.08. The van der Waals surface area contributed by atoms with Crippen LogP contribution in [0.3, 0.4) is 0 Å². The number of para-hydroxylation sites is 2. The molecule has 0 aliphatic carbocycles. The Balaban J connectivity index is 0.00000242. The second-order valence-electron chi connectivity index (χ2n) is 13.1. The number of aromatic nitrogens is 7. The summed E-state index contributed by atoms with van der Waals surface area (Å²) in [6.45, 7) is 0. The molecule has 11 heteroatoms. The summed E-state index contributed by atoms with van der Waals surface area (Å²) < 4.78 is 1.92. The zero-order valence-corrected chi connectivity index (χ0v) is 34.0. The number of hydrogen-bond acceptors (Lipinski definition) is 8. The van der Waals surface area contributed by atoms with Crippen molar-refractivity contribution in [1.82, 2.24) is 34.9 Å². The molecule has 0 bridgehead atoms. The van der Waals surface area contributed by atoms with Crippen LogP contribution >= 0.6 is 0 Å². The molecule has 0 aliphatic rings. The molecule has 59 heavy (non-hydrogen) atoms. The van der Waals surface area contributed by atoms with Gasteiger partial charge in [0.25, 0.3) is 5.95 Å². The van der Waals surface area contributed by atoms with Gasteiger partial charge >= 0.3 is 40.8 Å². The fraction of sp³-hybridized carbons (Fsp3) is 0. The van der Waals surface area contributed by atoms with Crippen LogP contribution in [0.15, 0.2) is 176 Å². The molecule has 9 nitrogen and oxygen atoms in total. The first-order chi connectivity index (χ1) is 28.3. The Morgan fingerprint density at radius 3 is 1.29 bits per heavy atom. The van der Waals surface area contributed by atoms with Gasteiger partial charge in [-0.15, -0.1) is 104 Å². The van der Waals surface area contributed by atoms with Crippen LogP contribution in [-0.4, -0.2) is 34.9 Å². The average Bonchev–Trinajstić information content (AvgIpc) is 3.61. The third-order valence-corrected chi connectivity index (χ3v) is 9.59. The van der Waals surface area contributed by atoms with Crippen LogP contribution in [0, 0.1) is 24.3 Å². The Labute approximate surface area is 368 Å². The van der Waals surface area contributed by atoms with E-state index in [4.69, 9.17) is 0 Å². The van der Waals surface area contributed by atoms with Crippen LogP contribution in [0.4, 0.5) is 34.1 Å². The summed E-state index contributed by atoms with van der Waals surface area (Å²) >= 11 is 0. The van der Waals surface area contributed by atoms with Crippen LogP contribution in [0.1, 0.15) is 0 Å². The quantitative estimate of drug-likeness (QED) is 0.104. The van der Waals surface area contributed by atoms with Gasteiger partial charge in [0.2, 0.25) is 0 Å². The van der Waals surface area contributed by atoms with Gasteiger partial charge in [-0.25, -0.2) is 0 Å². The molecular weight excluding hydrogens is 915 g/mol. The van der Waals surface area contributed by atoms with Crippen molar-refractivity contribution in [2.24, 2.45) is 0 Å². The third-order valence-electron chi connectivity index (χ3n) is 9.59. The molecule has 4 heterocycles. The number of rotatable bonds is 9. The SMILES string of the molecule is [Pd+2].[Pd+2].[c-]1c(-c2ccccn2)cccc1N(c1[c-]c2c(cc1)c1ccc(N(c3[c-]c(-c4ccccn4)ccc3)c3ccccc3)[c-]c1n2-c1nncnn1)c1ccccc1. The van der Waals surface area contributed by atoms with Gasteiger partial charge in [-0.2, -0.15) is 22.9 Å². The van der Waals surface area contributed by atoms with Crippen LogP contribution in [0.2, 0.25) is 0 Å². The molecule has 4 aromatic heterocycles. The molecule has 10 rings (SSSR count). The Morgan fingerprint density at radius 2 is 0.847 bits per heavy atom. The Bertz CT molecular complexity index is 2790. The molecule has 0 fully saturated rings. The van der Waals surface area contributed by atoms with E-state index in [2.05, 4.69) is 113 Å². The number of pyridine rings is 2. The van der Waals surface area contributed by atoms with Gasteiger partial charge in [-0.3, -0.25) is 0 Å². The van der Waals surface area contributed by atoms with Gasteiger partial charge in [0.1, 0.15) is 0 Å². The minimum atomic E-state index is 0. The smallest absolute Gasteiger partial charge is 0.352 e. The zero-order valence-electron chi connectivity index (χ0n) is 30.9. The molecular formula is C48H29N9Pd2. The van der Waals surface area contributed by atoms with Crippen molar-refractivity contribution in [3.63, 3.8) is 0 Å². The molecule has 286 valence electrons. The van der Waals surface area contributed by atoms with E-state index in [0.717, 1.165) is 78.4 Å². The molecule has 6 aromatic carbocycles. The summed E-state index contributed by atoms with van der Waals surface area (Å²) in [6, 6.07) is 67.4. The van der Waals surface area contributed by atoms with E-state index in [1.807, 2.05) is 114 Å². The summed E-state index contributed by atoms with van der Waals surface area (Å²) in [5.74, 6) is 0.296. The van der Waals surface area contributed by atoms with E-state index in [0.29, 0.717) is 5.95 Å². The minimum absolute atomic E-state index is 0. The van der Waals surface area contributed by atoms with Crippen molar-refractivity contribution in [2.75, 3.05) is 9.80 Å². The van der Waals surface area contributed by atoms with Gasteiger partial charge in [-0.05, 0) is 59.2 Å². The molecule has 0 saturated heterocycles. The van der Waals surface area contributed by atoms with Crippen molar-refractivity contribution in [2.45, 2.75) is 0 Å². The van der Waals surface area contributed by atoms with Crippen molar-refractivity contribution >= 4 is 55.9 Å². The predicted octanol–water partition coefficient (Wildman–Crippen LogP) is 10.6. The summed E-state index contributed by atoms with van der Waals surface area (Å²) in [5.41, 5.74) is 10.0. The van der Waals surface area contributed by atoms with Crippen LogP contribution in [-0.2, 0) is 40.8 Å². The number of nitrogens with zero attached hydrogens (tertiary/aromatic N) is 9. The van der Waals surface area contributed by atoms with Crippen LogP contribution < -0.4 is 9.80 Å². The fourth-order valence-electron chi connectivity index (χ4n) is 7.08. The van der Waals surface area contributed by atoms with Gasteiger partial charge in [0, 0.05) is 23.8 Å². The number of fused-ring (bicyclic) bond motifs is 3. The molecule has 0 amide bonds. The van der Waals surface area contributed by atoms with E-state index in [9.17, 15) is 0 Å². The molecule has 0 saturated carbocycles. The summed E-state index contributed by atoms with van der Waals surface area (Å²) in [4.78, 5) is 13.4. The Kier molecular flexibility index (Phi) is 11.6. The van der Waals surface area contributed by atoms with E-state index in [1.54, 1.807) is 12.4 Å². The molecule has 0 aliphatic heterocycles. The average molecular weight is 945 g/mol. The molecule has 0 radical (unpaired) electrons. The van der Waals surface area contributed by atoms with Gasteiger partial charge < -0.3 is 24.3 Å². The predicted molar refractivity (Wildman–Crippen MR) is 223 cm³/mol. The normalized spacial score (nSPS) is 10.8.